The first kappa shape index (κ1) is 25.3. The van der Waals surface area contributed by atoms with Gasteiger partial charge >= 0.3 is 0 Å². The molecule has 1 aromatic heterocycles. The van der Waals surface area contributed by atoms with E-state index in [4.69, 9.17) is 9.47 Å². The maximum Gasteiger partial charge on any atom is 0.289 e. The second-order valence-corrected chi connectivity index (χ2v) is 8.73. The van der Waals surface area contributed by atoms with Crippen molar-refractivity contribution in [2.75, 3.05) is 13.7 Å². The van der Waals surface area contributed by atoms with E-state index in [1.807, 2.05) is 23.8 Å². The molecule has 1 aliphatic rings. The van der Waals surface area contributed by atoms with Crippen LogP contribution in [0.2, 0.25) is 0 Å². The second-order valence-electron chi connectivity index (χ2n) is 8.73. The van der Waals surface area contributed by atoms with Crippen LogP contribution in [0.5, 0.6) is 5.75 Å². The summed E-state index contributed by atoms with van der Waals surface area (Å²) in [7, 11) is 1.53. The molecular weight excluding hydrogens is 475 g/mol. The Hall–Kier alpha value is -3.79. The molecule has 3 atom stereocenters. The normalized spacial score (nSPS) is 18.8. The molecule has 36 heavy (non-hydrogen) atoms. The highest BCUT2D eigenvalue weighted by Gasteiger charge is 2.37. The summed E-state index contributed by atoms with van der Waals surface area (Å²) >= 11 is 0. The van der Waals surface area contributed by atoms with Gasteiger partial charge in [0, 0.05) is 6.20 Å². The van der Waals surface area contributed by atoms with E-state index in [0.29, 0.717) is 11.3 Å². The van der Waals surface area contributed by atoms with Crippen LogP contribution in [0.1, 0.15) is 36.7 Å². The van der Waals surface area contributed by atoms with Gasteiger partial charge in [-0.15, -0.1) is 0 Å². The SMILES string of the molecule is COc1cc(C=C2OC(C)CN([C@H](c3cc(F)c(F)c(F)c3)[C@@H](C)O)C2=O)ccc1-n1cnc(C)c1. The number of morpholine rings is 1. The maximum absolute atomic E-state index is 13.9. The van der Waals surface area contributed by atoms with E-state index < -0.39 is 41.6 Å². The quantitative estimate of drug-likeness (QED) is 0.402. The lowest BCUT2D eigenvalue weighted by Gasteiger charge is -2.39. The first-order chi connectivity index (χ1) is 17.1. The Kier molecular flexibility index (Phi) is 7.07. The van der Waals surface area contributed by atoms with Crippen molar-refractivity contribution in [2.45, 2.75) is 39.0 Å². The predicted octanol–water partition coefficient (Wildman–Crippen LogP) is 4.32. The molecule has 7 nitrogen and oxygen atoms in total. The minimum absolute atomic E-state index is 0.0178. The number of carbonyl (C=O) groups excluding carboxylic acids is 1. The van der Waals surface area contributed by atoms with E-state index in [2.05, 4.69) is 4.98 Å². The Bertz CT molecular complexity index is 1300. The highest BCUT2D eigenvalue weighted by Crippen LogP contribution is 2.33. The van der Waals surface area contributed by atoms with Crippen LogP contribution in [0.15, 0.2) is 48.6 Å². The highest BCUT2D eigenvalue weighted by molar-refractivity contribution is 5.97. The summed E-state index contributed by atoms with van der Waals surface area (Å²) < 4.78 is 54.5. The van der Waals surface area contributed by atoms with Crippen LogP contribution < -0.4 is 4.74 Å². The van der Waals surface area contributed by atoms with E-state index in [1.165, 1.54) is 25.0 Å². The fraction of sp³-hybridized carbons (Fsp3) is 0.308. The number of aryl methyl sites for hydroxylation is 1. The number of nitrogens with zero attached hydrogens (tertiary/aromatic N) is 3. The average Bonchev–Trinajstić information content (AvgIpc) is 3.26. The fourth-order valence-corrected chi connectivity index (χ4v) is 4.31. The van der Waals surface area contributed by atoms with Crippen molar-refractivity contribution >= 4 is 12.0 Å². The number of halogens is 3. The molecule has 0 bridgehead atoms. The molecule has 2 heterocycles. The third kappa shape index (κ3) is 4.94. The van der Waals surface area contributed by atoms with E-state index in [9.17, 15) is 23.1 Å². The van der Waals surface area contributed by atoms with E-state index in [-0.39, 0.29) is 17.9 Å². The van der Waals surface area contributed by atoms with Crippen LogP contribution >= 0.6 is 0 Å². The van der Waals surface area contributed by atoms with E-state index in [1.54, 1.807) is 25.4 Å². The third-order valence-electron chi connectivity index (χ3n) is 5.89. The Morgan fingerprint density at radius 3 is 2.50 bits per heavy atom. The van der Waals surface area contributed by atoms with Crippen molar-refractivity contribution in [3.8, 4) is 11.4 Å². The van der Waals surface area contributed by atoms with E-state index in [0.717, 1.165) is 23.5 Å². The number of aliphatic hydroxyl groups is 1. The zero-order valence-corrected chi connectivity index (χ0v) is 20.2. The molecule has 10 heteroatoms. The predicted molar refractivity (Wildman–Crippen MR) is 126 cm³/mol. The highest BCUT2D eigenvalue weighted by atomic mass is 19.2. The third-order valence-corrected chi connectivity index (χ3v) is 5.89. The molecule has 0 saturated carbocycles. The number of methoxy groups -OCH3 is 1. The number of rotatable bonds is 6. The lowest BCUT2D eigenvalue weighted by Crippen LogP contribution is -2.48. The van der Waals surface area contributed by atoms with Gasteiger partial charge in [-0.2, -0.15) is 0 Å². The summed E-state index contributed by atoms with van der Waals surface area (Å²) in [4.78, 5) is 18.9. The Balaban J connectivity index is 1.69. The molecule has 3 aromatic rings. The van der Waals surface area contributed by atoms with Crippen molar-refractivity contribution < 1.29 is 32.5 Å². The summed E-state index contributed by atoms with van der Waals surface area (Å²) in [5.41, 5.74) is 2.13. The number of hydrogen-bond donors (Lipinski definition) is 1. The molecule has 2 aromatic carbocycles. The van der Waals surface area contributed by atoms with Gasteiger partial charge in [-0.3, -0.25) is 4.79 Å². The van der Waals surface area contributed by atoms with E-state index >= 15 is 0 Å². The molecule has 0 radical (unpaired) electrons. The van der Waals surface area contributed by atoms with Crippen LogP contribution in [-0.4, -0.2) is 51.3 Å². The van der Waals surface area contributed by atoms with Crippen molar-refractivity contribution in [3.05, 3.63) is 82.9 Å². The van der Waals surface area contributed by atoms with Crippen molar-refractivity contribution in [3.63, 3.8) is 0 Å². The van der Waals surface area contributed by atoms with Gasteiger partial charge in [-0.05, 0) is 62.2 Å². The standard InChI is InChI=1S/C26H26F3N3O4/c1-14-11-31(13-30-14)21-6-5-17(7-22(21)35-4)8-23-26(34)32(12-15(2)36-23)25(16(3)33)18-9-19(27)24(29)20(28)10-18/h5-11,13,15-16,25,33H,12H2,1-4H3/t15?,16-,25+/m1/s1. The van der Waals surface area contributed by atoms with Gasteiger partial charge in [0.05, 0.1) is 43.5 Å². The maximum atomic E-state index is 13.9. The van der Waals surface area contributed by atoms with Crippen LogP contribution in [-0.2, 0) is 9.53 Å². The van der Waals surface area contributed by atoms with Gasteiger partial charge in [-0.1, -0.05) is 6.07 Å². The number of benzene rings is 2. The van der Waals surface area contributed by atoms with Gasteiger partial charge in [0.25, 0.3) is 5.91 Å². The molecular formula is C26H26F3N3O4. The van der Waals surface area contributed by atoms with Gasteiger partial charge < -0.3 is 24.0 Å². The van der Waals surface area contributed by atoms with Gasteiger partial charge in [0.2, 0.25) is 0 Å². The molecule has 1 amide bonds. The van der Waals surface area contributed by atoms with Crippen molar-refractivity contribution in [1.29, 1.82) is 0 Å². The smallest absolute Gasteiger partial charge is 0.289 e. The number of ether oxygens (including phenoxy) is 2. The number of amides is 1. The second kappa shape index (κ2) is 10.1. The average molecular weight is 502 g/mol. The van der Waals surface area contributed by atoms with Crippen LogP contribution in [0.4, 0.5) is 13.2 Å². The molecule has 1 aliphatic heterocycles. The Morgan fingerprint density at radius 1 is 1.22 bits per heavy atom. The van der Waals surface area contributed by atoms with Crippen LogP contribution in [0, 0.1) is 24.4 Å². The Morgan fingerprint density at radius 2 is 1.92 bits per heavy atom. The minimum atomic E-state index is -1.62. The van der Waals surface area contributed by atoms with Crippen LogP contribution in [0.25, 0.3) is 11.8 Å². The van der Waals surface area contributed by atoms with Crippen molar-refractivity contribution in [1.82, 2.24) is 14.5 Å². The van der Waals surface area contributed by atoms with Gasteiger partial charge in [0.15, 0.2) is 23.2 Å². The summed E-state index contributed by atoms with van der Waals surface area (Å²) in [6.07, 6.45) is 3.35. The van der Waals surface area contributed by atoms with Gasteiger partial charge in [-0.25, -0.2) is 18.2 Å². The molecule has 0 spiro atoms. The number of aliphatic hydroxyl groups excluding tert-OH is 1. The first-order valence-electron chi connectivity index (χ1n) is 11.3. The molecule has 0 aliphatic carbocycles. The molecule has 1 fully saturated rings. The lowest BCUT2D eigenvalue weighted by molar-refractivity contribution is -0.145. The molecule has 190 valence electrons. The largest absolute Gasteiger partial charge is 0.495 e. The summed E-state index contributed by atoms with van der Waals surface area (Å²) in [6, 6.07) is 5.76. The number of imidazole rings is 1. The summed E-state index contributed by atoms with van der Waals surface area (Å²) in [5, 5.41) is 10.4. The lowest BCUT2D eigenvalue weighted by atomic mass is 9.98. The molecule has 1 saturated heterocycles. The number of hydrogen-bond acceptors (Lipinski definition) is 5. The summed E-state index contributed by atoms with van der Waals surface area (Å²) in [5.74, 6) is -4.49. The topological polar surface area (TPSA) is 76.8 Å². The molecule has 1 N–H and O–H groups in total. The first-order valence-corrected chi connectivity index (χ1v) is 11.3. The minimum Gasteiger partial charge on any atom is -0.495 e. The number of carbonyl (C=O) groups is 1. The van der Waals surface area contributed by atoms with Crippen LogP contribution in [0.3, 0.4) is 0 Å². The Labute approximate surface area is 206 Å². The van der Waals surface area contributed by atoms with Crippen molar-refractivity contribution in [2.24, 2.45) is 0 Å². The zero-order chi connectivity index (χ0) is 26.1. The fourth-order valence-electron chi connectivity index (χ4n) is 4.31. The molecule has 4 rings (SSSR count). The van der Waals surface area contributed by atoms with Gasteiger partial charge in [0.1, 0.15) is 11.9 Å². The summed E-state index contributed by atoms with van der Waals surface area (Å²) in [6.45, 7) is 5.04. The molecule has 1 unspecified atom stereocenters. The number of aromatic nitrogens is 2. The zero-order valence-electron chi connectivity index (χ0n) is 20.2. The monoisotopic (exact) mass is 501 g/mol.